The highest BCUT2D eigenvalue weighted by Gasteiger charge is 2.37. The number of ether oxygens (including phenoxy) is 2. The van der Waals surface area contributed by atoms with Crippen molar-refractivity contribution >= 4 is 30.7 Å². The zero-order valence-corrected chi connectivity index (χ0v) is 19.1. The van der Waals surface area contributed by atoms with E-state index in [1.54, 1.807) is 6.20 Å². The quantitative estimate of drug-likeness (QED) is 0.634. The van der Waals surface area contributed by atoms with Gasteiger partial charge in [-0.2, -0.15) is 0 Å². The molecule has 1 fully saturated rings. The second-order valence-electron chi connectivity index (χ2n) is 7.53. The highest BCUT2D eigenvalue weighted by atomic mass is 35.5. The monoisotopic (exact) mass is 455 g/mol. The predicted molar refractivity (Wildman–Crippen MR) is 123 cm³/mol. The largest absolute Gasteiger partial charge is 0.494 e. The number of benzene rings is 1. The molecular formula is C22H31Cl2N3O3. The third-order valence-electron chi connectivity index (χ3n) is 5.19. The minimum absolute atomic E-state index is 0. The third kappa shape index (κ3) is 7.04. The van der Waals surface area contributed by atoms with Gasteiger partial charge in [-0.25, -0.2) is 4.98 Å². The molecular weight excluding hydrogens is 425 g/mol. The van der Waals surface area contributed by atoms with Gasteiger partial charge in [0, 0.05) is 24.3 Å². The van der Waals surface area contributed by atoms with Crippen molar-refractivity contribution in [1.82, 2.24) is 10.3 Å². The zero-order valence-electron chi connectivity index (χ0n) is 17.4. The first-order valence-corrected chi connectivity index (χ1v) is 9.90. The van der Waals surface area contributed by atoms with Crippen molar-refractivity contribution < 1.29 is 14.3 Å². The number of hydrogen-bond acceptors (Lipinski definition) is 5. The summed E-state index contributed by atoms with van der Waals surface area (Å²) in [5.41, 5.74) is 6.83. The molecule has 0 aliphatic heterocycles. The summed E-state index contributed by atoms with van der Waals surface area (Å²) < 4.78 is 11.2. The average molecular weight is 456 g/mol. The van der Waals surface area contributed by atoms with Crippen molar-refractivity contribution in [1.29, 1.82) is 0 Å². The van der Waals surface area contributed by atoms with Gasteiger partial charge in [-0.15, -0.1) is 24.8 Å². The van der Waals surface area contributed by atoms with E-state index >= 15 is 0 Å². The number of nitrogens with one attached hydrogen (secondary N) is 1. The number of carbonyl (C=O) groups excluding carboxylic acids is 1. The second-order valence-corrected chi connectivity index (χ2v) is 7.53. The number of carbonyl (C=O) groups is 1. The van der Waals surface area contributed by atoms with Crippen LogP contribution in [0, 0.1) is 5.92 Å². The molecule has 30 heavy (non-hydrogen) atoms. The van der Waals surface area contributed by atoms with Gasteiger partial charge in [-0.05, 0) is 62.6 Å². The summed E-state index contributed by atoms with van der Waals surface area (Å²) in [7, 11) is 0. The summed E-state index contributed by atoms with van der Waals surface area (Å²) in [5.74, 6) is 1.85. The minimum Gasteiger partial charge on any atom is -0.494 e. The van der Waals surface area contributed by atoms with E-state index in [0.717, 1.165) is 37.0 Å². The van der Waals surface area contributed by atoms with E-state index in [2.05, 4.69) is 10.3 Å². The number of nitrogens with two attached hydrogens (primary N) is 1. The Balaban J connectivity index is 0.00000225. The Morgan fingerprint density at radius 1 is 1.20 bits per heavy atom. The first-order valence-electron chi connectivity index (χ1n) is 9.90. The van der Waals surface area contributed by atoms with Gasteiger partial charge in [0.2, 0.25) is 11.8 Å². The van der Waals surface area contributed by atoms with E-state index in [1.807, 2.05) is 50.2 Å². The lowest BCUT2D eigenvalue weighted by Crippen LogP contribution is -2.52. The first kappa shape index (κ1) is 26.0. The molecule has 8 heteroatoms. The van der Waals surface area contributed by atoms with Crippen LogP contribution in [0.3, 0.4) is 0 Å². The molecule has 1 saturated carbocycles. The summed E-state index contributed by atoms with van der Waals surface area (Å²) in [6.07, 6.45) is 5.56. The lowest BCUT2D eigenvalue weighted by atomic mass is 9.74. The fourth-order valence-electron chi connectivity index (χ4n) is 3.61. The fourth-order valence-corrected chi connectivity index (χ4v) is 3.61. The summed E-state index contributed by atoms with van der Waals surface area (Å²) in [6.45, 7) is 4.97. The number of aromatic nitrogens is 1. The predicted octanol–water partition coefficient (Wildman–Crippen LogP) is 4.64. The summed E-state index contributed by atoms with van der Waals surface area (Å²) in [4.78, 5) is 16.8. The molecule has 2 aromatic rings. The molecule has 2 unspecified atom stereocenters. The van der Waals surface area contributed by atoms with E-state index in [-0.39, 0.29) is 36.6 Å². The molecule has 166 valence electrons. The Morgan fingerprint density at radius 2 is 1.90 bits per heavy atom. The maximum atomic E-state index is 12.6. The van der Waals surface area contributed by atoms with Crippen molar-refractivity contribution in [2.24, 2.45) is 11.7 Å². The number of amides is 1. The molecule has 1 aliphatic rings. The summed E-state index contributed by atoms with van der Waals surface area (Å²) in [6, 6.07) is 11.1. The van der Waals surface area contributed by atoms with Crippen LogP contribution in [0.1, 0.15) is 45.1 Å². The molecule has 3 N–H and O–H groups in total. The molecule has 0 radical (unpaired) electrons. The fraction of sp³-hybridized carbons (Fsp3) is 0.455. The molecule has 1 amide bonds. The normalized spacial score (nSPS) is 20.3. The Bertz CT molecular complexity index is 800. The van der Waals surface area contributed by atoms with Crippen molar-refractivity contribution in [2.75, 3.05) is 6.61 Å². The van der Waals surface area contributed by atoms with Gasteiger partial charge in [-0.1, -0.05) is 12.8 Å². The highest BCUT2D eigenvalue weighted by Crippen LogP contribution is 2.31. The van der Waals surface area contributed by atoms with Crippen LogP contribution in [0.15, 0.2) is 42.6 Å². The lowest BCUT2D eigenvalue weighted by molar-refractivity contribution is -0.128. The zero-order chi connectivity index (χ0) is 20.0. The average Bonchev–Trinajstić information content (AvgIpc) is 2.68. The smallest absolute Gasteiger partial charge is 0.225 e. The van der Waals surface area contributed by atoms with Gasteiger partial charge in [-0.3, -0.25) is 4.79 Å². The lowest BCUT2D eigenvalue weighted by Gasteiger charge is -2.37. The van der Waals surface area contributed by atoms with Crippen LogP contribution in [0.25, 0.3) is 0 Å². The van der Waals surface area contributed by atoms with Crippen LogP contribution >= 0.6 is 24.8 Å². The second kappa shape index (κ2) is 12.0. The van der Waals surface area contributed by atoms with Gasteiger partial charge in [0.1, 0.15) is 11.5 Å². The molecule has 1 aromatic heterocycles. The van der Waals surface area contributed by atoms with Crippen LogP contribution in [0.4, 0.5) is 0 Å². The third-order valence-corrected chi connectivity index (χ3v) is 5.19. The van der Waals surface area contributed by atoms with Gasteiger partial charge in [0.15, 0.2) is 0 Å². The first-order chi connectivity index (χ1) is 13.5. The number of halogens is 2. The van der Waals surface area contributed by atoms with Crippen LogP contribution in [-0.2, 0) is 11.3 Å². The van der Waals surface area contributed by atoms with E-state index in [4.69, 9.17) is 15.2 Å². The van der Waals surface area contributed by atoms with Crippen LogP contribution in [0.5, 0.6) is 17.4 Å². The molecule has 0 saturated heterocycles. The van der Waals surface area contributed by atoms with Crippen molar-refractivity contribution in [3.63, 3.8) is 0 Å². The molecule has 3 rings (SSSR count). The number of rotatable bonds is 7. The van der Waals surface area contributed by atoms with Gasteiger partial charge >= 0.3 is 0 Å². The van der Waals surface area contributed by atoms with Crippen LogP contribution in [-0.4, -0.2) is 23.0 Å². The molecule has 2 atom stereocenters. The Morgan fingerprint density at radius 3 is 2.57 bits per heavy atom. The maximum absolute atomic E-state index is 12.6. The van der Waals surface area contributed by atoms with E-state index in [0.29, 0.717) is 24.8 Å². The molecule has 6 nitrogen and oxygen atoms in total. The van der Waals surface area contributed by atoms with Crippen LogP contribution < -0.4 is 20.5 Å². The topological polar surface area (TPSA) is 86.5 Å². The number of hydrogen-bond donors (Lipinski definition) is 2. The van der Waals surface area contributed by atoms with E-state index in [1.165, 1.54) is 0 Å². The Labute approximate surface area is 190 Å². The Hall–Kier alpha value is -2.02. The Kier molecular flexibility index (Phi) is 10.4. The SMILES string of the molecule is CCOc1ccc(Oc2cc(CNC(=O)C3CCCCC3(C)N)ccn2)cc1.Cl.Cl. The van der Waals surface area contributed by atoms with Gasteiger partial charge in [0.05, 0.1) is 12.5 Å². The van der Waals surface area contributed by atoms with Crippen molar-refractivity contribution in [3.05, 3.63) is 48.2 Å². The molecule has 1 aliphatic carbocycles. The molecule has 1 aromatic carbocycles. The van der Waals surface area contributed by atoms with Gasteiger partial charge < -0.3 is 20.5 Å². The van der Waals surface area contributed by atoms with E-state index in [9.17, 15) is 4.79 Å². The minimum atomic E-state index is -0.428. The van der Waals surface area contributed by atoms with Gasteiger partial charge in [0.25, 0.3) is 0 Å². The molecule has 1 heterocycles. The van der Waals surface area contributed by atoms with E-state index < -0.39 is 5.54 Å². The van der Waals surface area contributed by atoms with Crippen LogP contribution in [0.2, 0.25) is 0 Å². The summed E-state index contributed by atoms with van der Waals surface area (Å²) >= 11 is 0. The highest BCUT2D eigenvalue weighted by molar-refractivity contribution is 5.85. The van der Waals surface area contributed by atoms with Crippen molar-refractivity contribution in [3.8, 4) is 17.4 Å². The molecule has 0 spiro atoms. The maximum Gasteiger partial charge on any atom is 0.225 e. The summed E-state index contributed by atoms with van der Waals surface area (Å²) in [5, 5.41) is 3.02. The number of pyridine rings is 1. The number of nitrogens with zero attached hydrogens (tertiary/aromatic N) is 1. The molecule has 0 bridgehead atoms. The van der Waals surface area contributed by atoms with Crippen molar-refractivity contribution in [2.45, 2.75) is 51.6 Å². The standard InChI is InChI=1S/C22H29N3O3.2ClH/c1-3-27-17-7-9-18(10-8-17)28-20-14-16(11-13-24-20)15-25-21(26)19-6-4-5-12-22(19,2)23;;/h7-11,13-14,19H,3-6,12,15,23H2,1-2H3,(H,25,26);2*1H.